The van der Waals surface area contributed by atoms with Gasteiger partial charge in [0.15, 0.2) is 0 Å². The van der Waals surface area contributed by atoms with E-state index in [0.717, 1.165) is 12.2 Å². The number of anilines is 2. The maximum absolute atomic E-state index is 12.7. The highest BCUT2D eigenvalue weighted by Gasteiger charge is 2.23. The highest BCUT2D eigenvalue weighted by Crippen LogP contribution is 2.23. The van der Waals surface area contributed by atoms with Crippen LogP contribution in [0.15, 0.2) is 53.6 Å². The van der Waals surface area contributed by atoms with Crippen LogP contribution in [0.5, 0.6) is 0 Å². The first kappa shape index (κ1) is 19.9. The predicted molar refractivity (Wildman–Crippen MR) is 111 cm³/mol. The lowest BCUT2D eigenvalue weighted by Gasteiger charge is -2.29. The summed E-state index contributed by atoms with van der Waals surface area (Å²) < 4.78 is 27.8. The topological polar surface area (TPSA) is 91.0 Å². The van der Waals surface area contributed by atoms with Gasteiger partial charge in [0.05, 0.1) is 23.3 Å². The molecule has 0 unspecified atom stereocenters. The summed E-state index contributed by atoms with van der Waals surface area (Å²) >= 11 is 0. The fraction of sp³-hybridized carbons (Fsp3) is 0.300. The van der Waals surface area contributed by atoms with E-state index in [1.54, 1.807) is 26.1 Å². The van der Waals surface area contributed by atoms with Crippen LogP contribution in [0.2, 0.25) is 0 Å². The molecule has 0 amide bonds. The van der Waals surface area contributed by atoms with Gasteiger partial charge < -0.3 is 4.90 Å². The molecule has 0 aliphatic rings. The van der Waals surface area contributed by atoms with Gasteiger partial charge in [0.1, 0.15) is 10.7 Å². The Morgan fingerprint density at radius 2 is 1.82 bits per heavy atom. The maximum atomic E-state index is 12.7. The molecule has 0 fully saturated rings. The van der Waals surface area contributed by atoms with Crippen molar-refractivity contribution in [3.8, 4) is 0 Å². The number of nitrogens with zero attached hydrogens (tertiary/aromatic N) is 3. The van der Waals surface area contributed by atoms with E-state index in [2.05, 4.69) is 50.8 Å². The summed E-state index contributed by atoms with van der Waals surface area (Å²) in [5.41, 5.74) is 3.05. The minimum atomic E-state index is -3.75. The van der Waals surface area contributed by atoms with E-state index < -0.39 is 10.0 Å². The molecule has 3 aromatic rings. The first-order valence-corrected chi connectivity index (χ1v) is 10.6. The smallest absolute Gasteiger partial charge is 0.266 e. The predicted octanol–water partition coefficient (Wildman–Crippen LogP) is 3.64. The van der Waals surface area contributed by atoms with Gasteiger partial charge in [0.2, 0.25) is 0 Å². The van der Waals surface area contributed by atoms with Crippen LogP contribution in [0.4, 0.5) is 11.5 Å². The molecular formula is C20H25N5O2S. The molecule has 0 atom stereocenters. The minimum absolute atomic E-state index is 0.159. The van der Waals surface area contributed by atoms with Crippen LogP contribution >= 0.6 is 0 Å². The average Bonchev–Trinajstić information content (AvgIpc) is 3.00. The third-order valence-corrected chi connectivity index (χ3v) is 6.08. The zero-order chi connectivity index (χ0) is 20.3. The third kappa shape index (κ3) is 4.33. The van der Waals surface area contributed by atoms with Crippen LogP contribution in [-0.2, 0) is 16.6 Å². The minimum Gasteiger partial charge on any atom is -0.364 e. The lowest BCUT2D eigenvalue weighted by atomic mass is 10.1. The zero-order valence-electron chi connectivity index (χ0n) is 16.5. The van der Waals surface area contributed by atoms with Gasteiger partial charge in [-0.25, -0.2) is 13.4 Å². The van der Waals surface area contributed by atoms with Crippen molar-refractivity contribution in [3.05, 3.63) is 65.6 Å². The normalized spacial score (nSPS) is 11.6. The molecule has 0 saturated carbocycles. The van der Waals surface area contributed by atoms with Gasteiger partial charge in [-0.1, -0.05) is 30.3 Å². The van der Waals surface area contributed by atoms with E-state index in [1.165, 1.54) is 5.56 Å². The second-order valence-electron chi connectivity index (χ2n) is 6.98. The van der Waals surface area contributed by atoms with Crippen LogP contribution in [-0.4, -0.2) is 29.6 Å². The van der Waals surface area contributed by atoms with Crippen LogP contribution in [0.25, 0.3) is 0 Å². The van der Waals surface area contributed by atoms with Gasteiger partial charge in [-0.05, 0) is 45.4 Å². The molecule has 0 bridgehead atoms. The van der Waals surface area contributed by atoms with Crippen molar-refractivity contribution in [2.75, 3.05) is 9.62 Å². The lowest BCUT2D eigenvalue weighted by Crippen LogP contribution is -2.30. The van der Waals surface area contributed by atoms with E-state index in [0.29, 0.717) is 11.4 Å². The zero-order valence-corrected chi connectivity index (χ0v) is 17.3. The number of hydrogen-bond donors (Lipinski definition) is 2. The Kier molecular flexibility index (Phi) is 5.69. The Labute approximate surface area is 165 Å². The number of sulfonamides is 1. The summed E-state index contributed by atoms with van der Waals surface area (Å²) in [5, 5.41) is 6.64. The monoisotopic (exact) mass is 399 g/mol. The summed E-state index contributed by atoms with van der Waals surface area (Å²) in [6.07, 6.45) is 1.69. The van der Waals surface area contributed by atoms with Crippen molar-refractivity contribution < 1.29 is 8.42 Å². The Morgan fingerprint density at radius 1 is 1.11 bits per heavy atom. The lowest BCUT2D eigenvalue weighted by molar-refractivity contribution is 0.600. The number of aromatic amines is 1. The molecule has 0 aliphatic carbocycles. The molecule has 28 heavy (non-hydrogen) atoms. The van der Waals surface area contributed by atoms with Gasteiger partial charge in [-0.2, -0.15) is 5.10 Å². The molecule has 2 aromatic heterocycles. The quantitative estimate of drug-likeness (QED) is 0.633. The summed E-state index contributed by atoms with van der Waals surface area (Å²) in [4.78, 5) is 6.69. The molecule has 0 spiro atoms. The summed E-state index contributed by atoms with van der Waals surface area (Å²) in [6.45, 7) is 8.31. The van der Waals surface area contributed by atoms with Crippen molar-refractivity contribution in [2.45, 2.75) is 45.2 Å². The van der Waals surface area contributed by atoms with Crippen molar-refractivity contribution in [2.24, 2.45) is 0 Å². The second-order valence-corrected chi connectivity index (χ2v) is 8.60. The van der Waals surface area contributed by atoms with E-state index in [1.807, 2.05) is 24.3 Å². The van der Waals surface area contributed by atoms with Crippen LogP contribution < -0.4 is 9.62 Å². The van der Waals surface area contributed by atoms with Crippen LogP contribution in [0, 0.1) is 13.8 Å². The van der Waals surface area contributed by atoms with Crippen molar-refractivity contribution in [3.63, 3.8) is 0 Å². The summed E-state index contributed by atoms with van der Waals surface area (Å²) in [7, 11) is -3.75. The Morgan fingerprint density at radius 3 is 2.36 bits per heavy atom. The van der Waals surface area contributed by atoms with Gasteiger partial charge in [-0.3, -0.25) is 9.82 Å². The molecule has 2 N–H and O–H groups in total. The number of H-pyrrole nitrogens is 1. The Hall–Kier alpha value is -2.87. The van der Waals surface area contributed by atoms with E-state index in [9.17, 15) is 8.42 Å². The average molecular weight is 400 g/mol. The number of pyridine rings is 1. The van der Waals surface area contributed by atoms with Gasteiger partial charge >= 0.3 is 0 Å². The molecule has 0 aliphatic heterocycles. The fourth-order valence-corrected chi connectivity index (χ4v) is 4.48. The number of benzene rings is 1. The second kappa shape index (κ2) is 8.02. The van der Waals surface area contributed by atoms with Crippen molar-refractivity contribution >= 4 is 21.5 Å². The van der Waals surface area contributed by atoms with Gasteiger partial charge in [-0.15, -0.1) is 0 Å². The summed E-state index contributed by atoms with van der Waals surface area (Å²) in [6, 6.07) is 14.0. The number of aromatic nitrogens is 3. The van der Waals surface area contributed by atoms with E-state index in [-0.39, 0.29) is 16.8 Å². The van der Waals surface area contributed by atoms with E-state index >= 15 is 0 Å². The standard InChI is InChI=1S/C20H25N5O2S/c1-14(2)25(13-17-8-6-5-7-9-17)18-10-11-19(21-12-18)24-28(26,27)20-15(3)22-23-16(20)4/h5-12,14H,13H2,1-4H3,(H,21,24)(H,22,23). The number of rotatable bonds is 7. The molecular weight excluding hydrogens is 374 g/mol. The number of nitrogens with one attached hydrogen (secondary N) is 2. The Balaban J connectivity index is 1.80. The SMILES string of the molecule is Cc1n[nH]c(C)c1S(=O)(=O)Nc1ccc(N(Cc2ccccc2)C(C)C)cn1. The molecule has 8 heteroatoms. The molecule has 7 nitrogen and oxygen atoms in total. The molecule has 0 radical (unpaired) electrons. The van der Waals surface area contributed by atoms with Crippen molar-refractivity contribution in [1.82, 2.24) is 15.2 Å². The molecule has 2 heterocycles. The van der Waals surface area contributed by atoms with Gasteiger partial charge in [0, 0.05) is 12.6 Å². The summed E-state index contributed by atoms with van der Waals surface area (Å²) in [5.74, 6) is 0.271. The van der Waals surface area contributed by atoms with E-state index in [4.69, 9.17) is 0 Å². The molecule has 3 rings (SSSR count). The number of aryl methyl sites for hydroxylation is 2. The first-order chi connectivity index (χ1) is 13.3. The van der Waals surface area contributed by atoms with Crippen LogP contribution in [0.3, 0.4) is 0 Å². The fourth-order valence-electron chi connectivity index (χ4n) is 3.09. The molecule has 148 valence electrons. The highest BCUT2D eigenvalue weighted by atomic mass is 32.2. The third-order valence-electron chi connectivity index (χ3n) is 4.47. The maximum Gasteiger partial charge on any atom is 0.266 e. The number of hydrogen-bond acceptors (Lipinski definition) is 5. The van der Waals surface area contributed by atoms with Gasteiger partial charge in [0.25, 0.3) is 10.0 Å². The van der Waals surface area contributed by atoms with Crippen molar-refractivity contribution in [1.29, 1.82) is 0 Å². The largest absolute Gasteiger partial charge is 0.364 e. The van der Waals surface area contributed by atoms with Crippen LogP contribution in [0.1, 0.15) is 30.8 Å². The first-order valence-electron chi connectivity index (χ1n) is 9.09. The highest BCUT2D eigenvalue weighted by molar-refractivity contribution is 7.92. The molecule has 1 aromatic carbocycles. The Bertz CT molecular complexity index is 1010. The molecule has 0 saturated heterocycles.